The number of rotatable bonds is 5. The number of ether oxygens (including phenoxy) is 1. The predicted molar refractivity (Wildman–Crippen MR) is 77.0 cm³/mol. The van der Waals surface area contributed by atoms with Crippen LogP contribution in [0.2, 0.25) is 0 Å². The Morgan fingerprint density at radius 2 is 2.45 bits per heavy atom. The number of nitrogens with zero attached hydrogens (tertiary/aromatic N) is 2. The van der Waals surface area contributed by atoms with Gasteiger partial charge in [-0.25, -0.2) is 4.98 Å². The zero-order valence-corrected chi connectivity index (χ0v) is 12.5. The van der Waals surface area contributed by atoms with Gasteiger partial charge in [-0.05, 0) is 13.3 Å². The van der Waals surface area contributed by atoms with Gasteiger partial charge in [0.05, 0.1) is 5.92 Å². The van der Waals surface area contributed by atoms with Crippen LogP contribution >= 0.6 is 11.8 Å². The van der Waals surface area contributed by atoms with Gasteiger partial charge in [-0.2, -0.15) is 0 Å². The van der Waals surface area contributed by atoms with E-state index < -0.39 is 0 Å². The number of carbonyl (C=O) groups is 1. The van der Waals surface area contributed by atoms with E-state index in [1.165, 1.54) is 11.8 Å². The van der Waals surface area contributed by atoms with Crippen molar-refractivity contribution in [2.45, 2.75) is 25.0 Å². The van der Waals surface area contributed by atoms with Gasteiger partial charge in [0.15, 0.2) is 5.16 Å². The largest absolute Gasteiger partial charge is 0.385 e. The van der Waals surface area contributed by atoms with E-state index in [0.29, 0.717) is 36.2 Å². The average Bonchev–Trinajstić information content (AvgIpc) is 2.47. The zero-order valence-electron chi connectivity index (χ0n) is 11.7. The highest BCUT2D eigenvalue weighted by Gasteiger charge is 2.26. The molecule has 2 rings (SSSR count). The van der Waals surface area contributed by atoms with Gasteiger partial charge < -0.3 is 10.1 Å². The first-order valence-corrected chi connectivity index (χ1v) is 7.58. The van der Waals surface area contributed by atoms with E-state index in [1.807, 2.05) is 0 Å². The van der Waals surface area contributed by atoms with Crippen LogP contribution in [0.5, 0.6) is 0 Å². The van der Waals surface area contributed by atoms with Crippen molar-refractivity contribution in [1.82, 2.24) is 14.9 Å². The molecule has 0 aromatic carbocycles. The molecule has 1 unspecified atom stereocenters. The second-order valence-corrected chi connectivity index (χ2v) is 5.77. The third kappa shape index (κ3) is 3.40. The smallest absolute Gasteiger partial charge is 0.257 e. The Hall–Kier alpha value is -1.34. The summed E-state index contributed by atoms with van der Waals surface area (Å²) in [6.45, 7) is 3.38. The highest BCUT2D eigenvalue weighted by Crippen LogP contribution is 2.24. The quantitative estimate of drug-likeness (QED) is 0.630. The molecule has 1 atom stereocenters. The third-order valence-corrected chi connectivity index (χ3v) is 4.35. The molecule has 1 amide bonds. The molecule has 2 heterocycles. The summed E-state index contributed by atoms with van der Waals surface area (Å²) in [5.41, 5.74) is 0.551. The summed E-state index contributed by atoms with van der Waals surface area (Å²) in [5.74, 6) is 0.468. The van der Waals surface area contributed by atoms with Crippen molar-refractivity contribution in [3.05, 3.63) is 22.1 Å². The van der Waals surface area contributed by atoms with Crippen LogP contribution in [-0.2, 0) is 16.1 Å². The van der Waals surface area contributed by atoms with Crippen molar-refractivity contribution in [1.29, 1.82) is 0 Å². The van der Waals surface area contributed by atoms with Crippen molar-refractivity contribution in [2.24, 2.45) is 5.92 Å². The number of nitrogens with one attached hydrogen (secondary N) is 1. The predicted octanol–water partition coefficient (Wildman–Crippen LogP) is 0.426. The molecule has 1 aliphatic heterocycles. The summed E-state index contributed by atoms with van der Waals surface area (Å²) in [5, 5.41) is 3.58. The Kier molecular flexibility index (Phi) is 5.19. The van der Waals surface area contributed by atoms with E-state index in [1.54, 1.807) is 24.8 Å². The molecular weight excluding hydrogens is 278 g/mol. The van der Waals surface area contributed by atoms with Crippen molar-refractivity contribution in [3.8, 4) is 0 Å². The molecule has 6 nitrogen and oxygen atoms in total. The van der Waals surface area contributed by atoms with Crippen LogP contribution in [0.3, 0.4) is 0 Å². The van der Waals surface area contributed by atoms with Gasteiger partial charge in [0.1, 0.15) is 0 Å². The number of thioether (sulfide) groups is 1. The summed E-state index contributed by atoms with van der Waals surface area (Å²) in [6.07, 6.45) is 2.38. The van der Waals surface area contributed by atoms with Crippen molar-refractivity contribution >= 4 is 17.7 Å². The second kappa shape index (κ2) is 6.90. The molecule has 0 bridgehead atoms. The normalized spacial score (nSPS) is 17.6. The minimum Gasteiger partial charge on any atom is -0.385 e. The van der Waals surface area contributed by atoms with Crippen LogP contribution in [0.25, 0.3) is 0 Å². The molecule has 0 spiro atoms. The number of fused-ring (bicyclic) bond motifs is 1. The van der Waals surface area contributed by atoms with Crippen molar-refractivity contribution < 1.29 is 9.53 Å². The number of methoxy groups -OCH3 is 1. The molecule has 7 heteroatoms. The summed E-state index contributed by atoms with van der Waals surface area (Å²) < 4.78 is 6.54. The average molecular weight is 297 g/mol. The van der Waals surface area contributed by atoms with Crippen LogP contribution in [0, 0.1) is 12.8 Å². The monoisotopic (exact) mass is 297 g/mol. The van der Waals surface area contributed by atoms with Crippen LogP contribution in [0.1, 0.15) is 12.0 Å². The number of carbonyl (C=O) groups excluding carboxylic acids is 1. The fourth-order valence-corrected chi connectivity index (χ4v) is 3.08. The molecular formula is C13H19N3O3S. The Morgan fingerprint density at radius 1 is 1.65 bits per heavy atom. The van der Waals surface area contributed by atoms with Crippen LogP contribution < -0.4 is 10.9 Å². The highest BCUT2D eigenvalue weighted by atomic mass is 32.2. The maximum Gasteiger partial charge on any atom is 0.257 e. The Labute approximate surface area is 121 Å². The molecule has 1 aromatic heterocycles. The SMILES string of the molecule is COCCCNC(=O)C1CSc2ncc(C)c(=O)n2C1. The molecule has 110 valence electrons. The Bertz CT molecular complexity index is 544. The summed E-state index contributed by atoms with van der Waals surface area (Å²) in [4.78, 5) is 28.3. The minimum absolute atomic E-state index is 0.00680. The fraction of sp³-hybridized carbons (Fsp3) is 0.615. The van der Waals surface area contributed by atoms with Crippen LogP contribution in [0.15, 0.2) is 16.1 Å². The van der Waals surface area contributed by atoms with E-state index in [4.69, 9.17) is 4.74 Å². The number of aromatic nitrogens is 2. The first-order valence-electron chi connectivity index (χ1n) is 6.59. The second-order valence-electron chi connectivity index (χ2n) is 4.78. The van der Waals surface area contributed by atoms with E-state index in [2.05, 4.69) is 10.3 Å². The van der Waals surface area contributed by atoms with E-state index in [9.17, 15) is 9.59 Å². The summed E-state index contributed by atoms with van der Waals surface area (Å²) in [6, 6.07) is 0. The Balaban J connectivity index is 1.98. The molecule has 0 fully saturated rings. The standard InChI is InChI=1S/C13H19N3O3S/c1-9-6-15-13-16(12(9)18)7-10(8-20-13)11(17)14-4-3-5-19-2/h6,10H,3-5,7-8H2,1-2H3,(H,14,17). The summed E-state index contributed by atoms with van der Waals surface area (Å²) in [7, 11) is 1.64. The van der Waals surface area contributed by atoms with E-state index in [0.717, 1.165) is 6.42 Å². The molecule has 1 aromatic rings. The van der Waals surface area contributed by atoms with Gasteiger partial charge in [0, 0.05) is 44.3 Å². The lowest BCUT2D eigenvalue weighted by atomic mass is 10.1. The van der Waals surface area contributed by atoms with Gasteiger partial charge in [-0.3, -0.25) is 14.2 Å². The first-order chi connectivity index (χ1) is 9.63. The van der Waals surface area contributed by atoms with Gasteiger partial charge in [-0.15, -0.1) is 0 Å². The van der Waals surface area contributed by atoms with E-state index >= 15 is 0 Å². The number of amides is 1. The maximum absolute atomic E-state index is 12.1. The highest BCUT2D eigenvalue weighted by molar-refractivity contribution is 7.99. The summed E-state index contributed by atoms with van der Waals surface area (Å²) >= 11 is 1.46. The molecule has 0 aliphatic carbocycles. The van der Waals surface area contributed by atoms with E-state index in [-0.39, 0.29) is 17.4 Å². The molecule has 20 heavy (non-hydrogen) atoms. The van der Waals surface area contributed by atoms with Gasteiger partial charge in [0.2, 0.25) is 5.91 Å². The lowest BCUT2D eigenvalue weighted by Crippen LogP contribution is -2.40. The number of hydrogen-bond acceptors (Lipinski definition) is 5. The lowest BCUT2D eigenvalue weighted by molar-refractivity contribution is -0.124. The van der Waals surface area contributed by atoms with Gasteiger partial charge in [-0.1, -0.05) is 11.8 Å². The molecule has 0 saturated carbocycles. The molecule has 0 radical (unpaired) electrons. The Morgan fingerprint density at radius 3 is 3.20 bits per heavy atom. The van der Waals surface area contributed by atoms with Crippen molar-refractivity contribution in [2.75, 3.05) is 26.0 Å². The molecule has 1 N–H and O–H groups in total. The van der Waals surface area contributed by atoms with Crippen LogP contribution in [-0.4, -0.2) is 41.5 Å². The van der Waals surface area contributed by atoms with Gasteiger partial charge in [0.25, 0.3) is 5.56 Å². The zero-order chi connectivity index (χ0) is 14.5. The maximum atomic E-state index is 12.1. The van der Waals surface area contributed by atoms with Crippen LogP contribution in [0.4, 0.5) is 0 Å². The van der Waals surface area contributed by atoms with Crippen molar-refractivity contribution in [3.63, 3.8) is 0 Å². The first kappa shape index (κ1) is 15.1. The fourth-order valence-electron chi connectivity index (χ4n) is 2.03. The molecule has 0 saturated heterocycles. The lowest BCUT2D eigenvalue weighted by Gasteiger charge is -2.24. The minimum atomic E-state index is -0.184. The van der Waals surface area contributed by atoms with Gasteiger partial charge >= 0.3 is 0 Å². The third-order valence-electron chi connectivity index (χ3n) is 3.19. The number of aryl methyl sites for hydroxylation is 1. The topological polar surface area (TPSA) is 73.2 Å². The molecule has 1 aliphatic rings. The number of hydrogen-bond donors (Lipinski definition) is 1.